The highest BCUT2D eigenvalue weighted by molar-refractivity contribution is 7.11. The summed E-state index contributed by atoms with van der Waals surface area (Å²) in [6.45, 7) is 0. The molecule has 1 aromatic heterocycles. The lowest BCUT2D eigenvalue weighted by Gasteiger charge is -2.04. The van der Waals surface area contributed by atoms with Crippen LogP contribution < -0.4 is 5.32 Å². The third kappa shape index (κ3) is 3.48. The molecule has 1 heterocycles. The highest BCUT2D eigenvalue weighted by atomic mass is 32.1. The molecular weight excluding hydrogens is 376 g/mol. The summed E-state index contributed by atoms with van der Waals surface area (Å²) in [5.41, 5.74) is 2.10. The van der Waals surface area contributed by atoms with Crippen molar-refractivity contribution >= 4 is 33.4 Å². The number of nitrogens with one attached hydrogen (secondary N) is 1. The van der Waals surface area contributed by atoms with Crippen LogP contribution in [0.5, 0.6) is 0 Å². The first kappa shape index (κ1) is 17.8. The summed E-state index contributed by atoms with van der Waals surface area (Å²) in [7, 11) is 0. The first-order valence-electron chi connectivity index (χ1n) is 8.41. The molecule has 6 heteroatoms. The van der Waals surface area contributed by atoms with E-state index in [1.54, 1.807) is 0 Å². The van der Waals surface area contributed by atoms with Gasteiger partial charge in [-0.15, -0.1) is 11.3 Å². The van der Waals surface area contributed by atoms with Gasteiger partial charge in [0, 0.05) is 23.2 Å². The van der Waals surface area contributed by atoms with Gasteiger partial charge in [0.1, 0.15) is 28.3 Å². The van der Waals surface area contributed by atoms with Crippen molar-refractivity contribution in [1.82, 2.24) is 4.98 Å². The summed E-state index contributed by atoms with van der Waals surface area (Å²) in [5.74, 6) is -1.39. The lowest BCUT2D eigenvalue weighted by atomic mass is 10.0. The molecule has 0 aliphatic carbocycles. The molecule has 0 aliphatic rings. The molecule has 0 spiro atoms. The third-order valence-electron chi connectivity index (χ3n) is 4.22. The molecular formula is C22H13F2N3S. The predicted octanol–water partition coefficient (Wildman–Crippen LogP) is 6.22. The van der Waals surface area contributed by atoms with Gasteiger partial charge in [-0.1, -0.05) is 42.5 Å². The molecule has 0 saturated heterocycles. The second-order valence-corrected chi connectivity index (χ2v) is 6.86. The smallest absolute Gasteiger partial charge is 0.149 e. The molecule has 0 bridgehead atoms. The van der Waals surface area contributed by atoms with Crippen LogP contribution in [-0.2, 0) is 0 Å². The van der Waals surface area contributed by atoms with Gasteiger partial charge >= 0.3 is 0 Å². The van der Waals surface area contributed by atoms with E-state index in [0.29, 0.717) is 5.01 Å². The number of nitriles is 1. The predicted molar refractivity (Wildman–Crippen MR) is 109 cm³/mol. The third-order valence-corrected chi connectivity index (χ3v) is 5.10. The highest BCUT2D eigenvalue weighted by Gasteiger charge is 2.11. The number of thiazole rings is 1. The minimum Gasteiger partial charge on any atom is -0.358 e. The molecule has 0 fully saturated rings. The zero-order valence-electron chi connectivity index (χ0n) is 14.5. The topological polar surface area (TPSA) is 48.7 Å². The fraction of sp³-hybridized carbons (Fsp3) is 0. The summed E-state index contributed by atoms with van der Waals surface area (Å²) < 4.78 is 26.8. The van der Waals surface area contributed by atoms with Crippen LogP contribution in [0.15, 0.2) is 72.2 Å². The van der Waals surface area contributed by atoms with E-state index < -0.39 is 11.6 Å². The van der Waals surface area contributed by atoms with Gasteiger partial charge in [-0.05, 0) is 22.9 Å². The zero-order valence-corrected chi connectivity index (χ0v) is 15.3. The van der Waals surface area contributed by atoms with Crippen molar-refractivity contribution in [2.24, 2.45) is 0 Å². The van der Waals surface area contributed by atoms with Crippen LogP contribution in [0, 0.1) is 23.0 Å². The monoisotopic (exact) mass is 389 g/mol. The normalized spacial score (nSPS) is 11.4. The number of aromatic nitrogens is 1. The van der Waals surface area contributed by atoms with Crippen molar-refractivity contribution in [2.75, 3.05) is 5.32 Å². The Hall–Kier alpha value is -3.56. The number of halogens is 2. The molecule has 0 saturated carbocycles. The zero-order chi connectivity index (χ0) is 19.5. The number of hydrogen-bond donors (Lipinski definition) is 1. The Morgan fingerprint density at radius 3 is 2.71 bits per heavy atom. The van der Waals surface area contributed by atoms with Crippen LogP contribution in [0.25, 0.3) is 27.6 Å². The van der Waals surface area contributed by atoms with Gasteiger partial charge in [-0.2, -0.15) is 5.26 Å². The first-order valence-corrected chi connectivity index (χ1v) is 9.29. The number of hydrogen-bond acceptors (Lipinski definition) is 4. The molecule has 3 aromatic carbocycles. The molecule has 0 radical (unpaired) electrons. The molecule has 4 aromatic rings. The van der Waals surface area contributed by atoms with Crippen LogP contribution >= 0.6 is 11.3 Å². The molecule has 0 amide bonds. The second kappa shape index (κ2) is 7.59. The van der Waals surface area contributed by atoms with Gasteiger partial charge in [-0.3, -0.25) is 0 Å². The minimum atomic E-state index is -0.732. The molecule has 0 aliphatic heterocycles. The van der Waals surface area contributed by atoms with Crippen molar-refractivity contribution < 1.29 is 8.78 Å². The molecule has 3 nitrogen and oxygen atoms in total. The SMILES string of the molecule is N#C/C(=C\Nc1ccc(F)cc1F)c1nc(-c2cccc3ccccc23)cs1. The number of anilines is 1. The van der Waals surface area contributed by atoms with Crippen molar-refractivity contribution in [2.45, 2.75) is 0 Å². The Bertz CT molecular complexity index is 1230. The van der Waals surface area contributed by atoms with E-state index >= 15 is 0 Å². The molecule has 4 rings (SSSR count). The number of allylic oxidation sites excluding steroid dienone is 1. The summed E-state index contributed by atoms with van der Waals surface area (Å²) in [4.78, 5) is 4.58. The Morgan fingerprint density at radius 2 is 1.89 bits per heavy atom. The summed E-state index contributed by atoms with van der Waals surface area (Å²) in [6, 6.07) is 19.3. The summed E-state index contributed by atoms with van der Waals surface area (Å²) in [6.07, 6.45) is 1.38. The van der Waals surface area contributed by atoms with Gasteiger partial charge in [0.2, 0.25) is 0 Å². The van der Waals surface area contributed by atoms with E-state index in [0.717, 1.165) is 34.2 Å². The van der Waals surface area contributed by atoms with Crippen LogP contribution in [0.1, 0.15) is 5.01 Å². The second-order valence-electron chi connectivity index (χ2n) is 6.00. The minimum absolute atomic E-state index is 0.0833. The molecule has 0 unspecified atom stereocenters. The summed E-state index contributed by atoms with van der Waals surface area (Å²) >= 11 is 1.33. The molecule has 0 atom stereocenters. The fourth-order valence-corrected chi connectivity index (χ4v) is 3.65. The maximum absolute atomic E-state index is 13.8. The van der Waals surface area contributed by atoms with E-state index in [-0.39, 0.29) is 11.3 Å². The average Bonchev–Trinajstić information content (AvgIpc) is 3.19. The van der Waals surface area contributed by atoms with Crippen LogP contribution in [-0.4, -0.2) is 4.98 Å². The van der Waals surface area contributed by atoms with Crippen LogP contribution in [0.3, 0.4) is 0 Å². The molecule has 136 valence electrons. The van der Waals surface area contributed by atoms with Gasteiger partial charge in [0.05, 0.1) is 11.4 Å². The van der Waals surface area contributed by atoms with Crippen molar-refractivity contribution in [1.29, 1.82) is 5.26 Å². The Morgan fingerprint density at radius 1 is 1.07 bits per heavy atom. The van der Waals surface area contributed by atoms with E-state index in [9.17, 15) is 14.0 Å². The van der Waals surface area contributed by atoms with E-state index in [1.165, 1.54) is 23.6 Å². The van der Waals surface area contributed by atoms with E-state index in [1.807, 2.05) is 47.8 Å². The van der Waals surface area contributed by atoms with Crippen LogP contribution in [0.4, 0.5) is 14.5 Å². The van der Waals surface area contributed by atoms with Crippen LogP contribution in [0.2, 0.25) is 0 Å². The molecule has 1 N–H and O–H groups in total. The number of nitrogens with zero attached hydrogens (tertiary/aromatic N) is 2. The quantitative estimate of drug-likeness (QED) is 0.422. The molecule has 28 heavy (non-hydrogen) atoms. The van der Waals surface area contributed by atoms with E-state index in [2.05, 4.69) is 16.4 Å². The summed E-state index contributed by atoms with van der Waals surface area (Å²) in [5, 5.41) is 16.8. The number of benzene rings is 3. The lowest BCUT2D eigenvalue weighted by Crippen LogP contribution is -1.94. The standard InChI is InChI=1S/C22H13F2N3S/c23-16-8-9-20(19(24)10-16)26-12-15(11-25)22-27-21(13-28-22)18-7-3-5-14-4-1-2-6-17(14)18/h1-10,12-13,26H/b15-12+. The average molecular weight is 389 g/mol. The van der Waals surface area contributed by atoms with Gasteiger partial charge in [0.25, 0.3) is 0 Å². The Labute approximate surface area is 164 Å². The van der Waals surface area contributed by atoms with Crippen molar-refractivity contribution in [3.63, 3.8) is 0 Å². The Balaban J connectivity index is 1.66. The van der Waals surface area contributed by atoms with E-state index in [4.69, 9.17) is 0 Å². The number of rotatable bonds is 4. The fourth-order valence-electron chi connectivity index (χ4n) is 2.87. The van der Waals surface area contributed by atoms with Gasteiger partial charge in [-0.25, -0.2) is 13.8 Å². The first-order chi connectivity index (χ1) is 13.7. The van der Waals surface area contributed by atoms with Gasteiger partial charge < -0.3 is 5.32 Å². The van der Waals surface area contributed by atoms with Gasteiger partial charge in [0.15, 0.2) is 0 Å². The maximum atomic E-state index is 13.8. The lowest BCUT2D eigenvalue weighted by molar-refractivity contribution is 0.586. The van der Waals surface area contributed by atoms with Crippen molar-refractivity contribution in [3.8, 4) is 17.3 Å². The largest absolute Gasteiger partial charge is 0.358 e. The Kier molecular flexibility index (Phi) is 4.83. The number of fused-ring (bicyclic) bond motifs is 1. The maximum Gasteiger partial charge on any atom is 0.149 e. The van der Waals surface area contributed by atoms with Crippen molar-refractivity contribution in [3.05, 3.63) is 88.9 Å². The highest BCUT2D eigenvalue weighted by Crippen LogP contribution is 2.31.